The first kappa shape index (κ1) is 71.9. The van der Waals surface area contributed by atoms with Crippen LogP contribution in [0.4, 0.5) is 5.82 Å². The molecule has 1 aromatic heterocycles. The van der Waals surface area contributed by atoms with Crippen molar-refractivity contribution in [3.63, 3.8) is 0 Å². The number of anilines is 1. The first-order valence-corrected chi connectivity index (χ1v) is 28.7. The zero-order valence-corrected chi connectivity index (χ0v) is 50.0. The number of aromatic nitrogens is 1. The number of primary sulfonamides is 1. The first-order chi connectivity index (χ1) is 40.5. The number of hydrogen-bond acceptors (Lipinski definition) is 20. The minimum Gasteiger partial charge on any atom is -0.497 e. The number of nitrogen functional groups attached to an aromatic ring is 5. The van der Waals surface area contributed by atoms with Crippen LogP contribution in [0.5, 0.6) is 34.5 Å². The summed E-state index contributed by atoms with van der Waals surface area (Å²) < 4.78 is 74.5. The number of amidine groups is 5. The molecule has 29 heteroatoms. The number of benzene rings is 6. The number of aliphatic hydroxyl groups is 1. The Balaban J connectivity index is 0.000000353. The van der Waals surface area contributed by atoms with Gasteiger partial charge in [-0.2, -0.15) is 0 Å². The first-order valence-electron chi connectivity index (χ1n) is 24.9. The molecular weight excluding hydrogens is 1150 g/mol. The van der Waals surface area contributed by atoms with Gasteiger partial charge in [0.25, 0.3) is 0 Å². The Morgan fingerprint density at radius 1 is 0.535 bits per heavy atom. The van der Waals surface area contributed by atoms with Gasteiger partial charge >= 0.3 is 0 Å². The molecule has 0 spiro atoms. The maximum absolute atomic E-state index is 11.2. The highest BCUT2D eigenvalue weighted by atomic mass is 32.2. The molecule has 0 aliphatic carbocycles. The van der Waals surface area contributed by atoms with Crippen LogP contribution in [0, 0.1) is 21.6 Å². The number of ether oxygens (including phenoxy) is 6. The van der Waals surface area contributed by atoms with E-state index in [-0.39, 0.29) is 53.7 Å². The highest BCUT2D eigenvalue weighted by molar-refractivity contribution is 7.89. The lowest BCUT2D eigenvalue weighted by atomic mass is 10.1. The average Bonchev–Trinajstić information content (AvgIpc) is 3.16. The van der Waals surface area contributed by atoms with E-state index in [2.05, 4.69) is 10.1 Å². The standard InChI is InChI=1S/C10H13N3O2.C10H14N2O3S.C10H14N2O2.C10H10N2O.C9H13N3O3S.C8H10N2O2/c1-15-8-4-7(10(12)13)3-2-6(8)5-9(11)14;1-15-9-5-7(10(11)12)3-4-8(9)6-16(2,13)14;1-14-9-6-8(10(11)12)3-2-7(9)4-5-13;1-13-8-3-2-7-4-5-12-10(11)9(7)6-8;1-15-8-4-6(9(10)11)2-3-7(8)5-16(12,13)14;1-12-7-4-2-3-6(5-7)8(9)10-11/h2-4H,5H2,1H3,(H2,11,14)(H3,12,13);3-5H,6H2,1-2H3,(H3,11,12);2-3,6,13H,4-5H2,1H3,(H3,11,12);2-6H,1H3,(H2,11,12);2-4H,5H2,1H3,(H3,10,11)(H2,12,13,14);2-5,11H,1H3,(H2,9,10). The van der Waals surface area contributed by atoms with E-state index < -0.39 is 25.8 Å². The van der Waals surface area contributed by atoms with Crippen molar-refractivity contribution in [2.75, 3.05) is 61.3 Å². The van der Waals surface area contributed by atoms with Gasteiger partial charge in [0.05, 0.1) is 60.6 Å². The fraction of sp³-hybridized carbons (Fsp3) is 0.211. The van der Waals surface area contributed by atoms with Gasteiger partial charge in [0.1, 0.15) is 63.7 Å². The highest BCUT2D eigenvalue weighted by Crippen LogP contribution is 2.26. The van der Waals surface area contributed by atoms with Crippen molar-refractivity contribution in [2.45, 2.75) is 24.3 Å². The molecule has 22 N–H and O–H groups in total. The maximum atomic E-state index is 11.2. The summed E-state index contributed by atoms with van der Waals surface area (Å²) >= 11 is 0. The lowest BCUT2D eigenvalue weighted by Crippen LogP contribution is -2.16. The SMILES string of the molecule is COc1cc(C(=N)N)ccc1CC(N)=O.COc1cc(C(=N)N)ccc1CCO.COc1cc(C(=N)N)ccc1CS(C)(=O)=O.COc1cc(C(=N)N)ccc1CS(N)(=O)=O.COc1ccc2ccnc(N)c2c1.COc1cccc(C(N)=NO)c1. The summed E-state index contributed by atoms with van der Waals surface area (Å²) in [4.78, 5) is 14.8. The molecule has 0 bridgehead atoms. The molecule has 0 aliphatic heterocycles. The molecule has 0 aliphatic rings. The molecule has 0 radical (unpaired) electrons. The molecule has 0 atom stereocenters. The third-order valence-corrected chi connectivity index (χ3v) is 12.9. The second-order valence-electron chi connectivity index (χ2n) is 17.8. The van der Waals surface area contributed by atoms with E-state index in [1.165, 1.54) is 33.5 Å². The van der Waals surface area contributed by atoms with Gasteiger partial charge in [0.15, 0.2) is 15.7 Å². The number of rotatable bonds is 19. The minimum absolute atomic E-state index is 0.0128. The largest absolute Gasteiger partial charge is 0.497 e. The summed E-state index contributed by atoms with van der Waals surface area (Å²) in [5.74, 6) is 3.00. The highest BCUT2D eigenvalue weighted by Gasteiger charge is 2.14. The molecule has 7 aromatic rings. The molecule has 0 unspecified atom stereocenters. The molecule has 27 nitrogen and oxygen atoms in total. The summed E-state index contributed by atoms with van der Waals surface area (Å²) in [7, 11) is 2.38. The third kappa shape index (κ3) is 24.7. The van der Waals surface area contributed by atoms with E-state index >= 15 is 0 Å². The second kappa shape index (κ2) is 35.0. The Kier molecular flexibility index (Phi) is 29.3. The zero-order chi connectivity index (χ0) is 64.9. The van der Waals surface area contributed by atoms with Crippen molar-refractivity contribution in [3.8, 4) is 34.5 Å². The lowest BCUT2D eigenvalue weighted by Gasteiger charge is -2.09. The molecular formula is C57H74N14O13S2. The molecule has 7 rings (SSSR count). The molecule has 1 heterocycles. The van der Waals surface area contributed by atoms with Crippen molar-refractivity contribution >= 4 is 71.5 Å². The molecule has 1 amide bonds. The van der Waals surface area contributed by atoms with E-state index in [0.29, 0.717) is 85.5 Å². The van der Waals surface area contributed by atoms with E-state index in [1.807, 2.05) is 30.3 Å². The number of nitrogens with two attached hydrogens (primary N) is 8. The van der Waals surface area contributed by atoms with Crippen molar-refractivity contribution in [2.24, 2.45) is 44.7 Å². The van der Waals surface area contributed by atoms with Crippen LogP contribution in [0.3, 0.4) is 0 Å². The molecule has 0 saturated carbocycles. The monoisotopic (exact) mass is 1230 g/mol. The number of nitrogens with zero attached hydrogens (tertiary/aromatic N) is 2. The quantitative estimate of drug-likeness (QED) is 0.0239. The molecule has 86 heavy (non-hydrogen) atoms. The number of pyridine rings is 1. The van der Waals surface area contributed by atoms with Crippen LogP contribution < -0.4 is 73.7 Å². The molecule has 462 valence electrons. The number of sulfonamides is 1. The van der Waals surface area contributed by atoms with Crippen LogP contribution in [0.1, 0.15) is 50.1 Å². The van der Waals surface area contributed by atoms with Gasteiger partial charge in [-0.05, 0) is 72.0 Å². The van der Waals surface area contributed by atoms with E-state index in [1.54, 1.807) is 106 Å². The van der Waals surface area contributed by atoms with Gasteiger partial charge in [0, 0.05) is 69.0 Å². The van der Waals surface area contributed by atoms with Crippen molar-refractivity contribution in [3.05, 3.63) is 178 Å². The number of hydrogen-bond donors (Lipinski definition) is 14. The Morgan fingerprint density at radius 2 is 0.953 bits per heavy atom. The Morgan fingerprint density at radius 3 is 1.35 bits per heavy atom. The van der Waals surface area contributed by atoms with Gasteiger partial charge in [-0.1, -0.05) is 71.9 Å². The zero-order valence-electron chi connectivity index (χ0n) is 48.4. The number of aliphatic hydroxyl groups excluding tert-OH is 1. The maximum Gasteiger partial charge on any atom is 0.221 e. The number of nitrogens with one attached hydrogen (secondary N) is 4. The van der Waals surface area contributed by atoms with Crippen LogP contribution in [0.2, 0.25) is 0 Å². The van der Waals surface area contributed by atoms with Crippen molar-refractivity contribution < 1.29 is 60.4 Å². The number of carbonyl (C=O) groups excluding carboxylic acids is 1. The van der Waals surface area contributed by atoms with E-state index in [4.69, 9.17) is 106 Å². The topological polar surface area (TPSA) is 510 Å². The summed E-state index contributed by atoms with van der Waals surface area (Å²) in [6, 6.07) is 34.2. The van der Waals surface area contributed by atoms with Gasteiger partial charge < -0.3 is 78.9 Å². The Labute approximate surface area is 498 Å². The summed E-state index contributed by atoms with van der Waals surface area (Å²) in [5.41, 5.74) is 42.9. The van der Waals surface area contributed by atoms with Crippen LogP contribution in [0.25, 0.3) is 10.8 Å². The predicted molar refractivity (Wildman–Crippen MR) is 333 cm³/mol. The number of primary amides is 1. The van der Waals surface area contributed by atoms with Crippen LogP contribution in [-0.2, 0) is 49.0 Å². The third-order valence-electron chi connectivity index (χ3n) is 11.4. The van der Waals surface area contributed by atoms with Gasteiger partial charge in [0.2, 0.25) is 15.9 Å². The fourth-order valence-corrected chi connectivity index (χ4v) is 8.66. The number of fused-ring (bicyclic) bond motifs is 1. The molecule has 0 saturated heterocycles. The van der Waals surface area contributed by atoms with Crippen LogP contribution >= 0.6 is 0 Å². The summed E-state index contributed by atoms with van der Waals surface area (Å²) in [5, 5.41) is 56.0. The fourth-order valence-electron chi connectivity index (χ4n) is 7.18. The number of oxime groups is 1. The Bertz CT molecular complexity index is 3640. The normalized spacial score (nSPS) is 10.5. The summed E-state index contributed by atoms with van der Waals surface area (Å²) in [6.07, 6.45) is 3.51. The summed E-state index contributed by atoms with van der Waals surface area (Å²) in [6.45, 7) is 0.0791. The van der Waals surface area contributed by atoms with E-state index in [9.17, 15) is 21.6 Å². The number of methoxy groups -OCH3 is 6. The number of carbonyl (C=O) groups is 1. The number of amides is 1. The van der Waals surface area contributed by atoms with E-state index in [0.717, 1.165) is 28.3 Å². The van der Waals surface area contributed by atoms with Gasteiger partial charge in [-0.25, -0.2) is 27.0 Å². The van der Waals surface area contributed by atoms with Crippen LogP contribution in [0.15, 0.2) is 133 Å². The Hall–Kier alpha value is -10.2. The molecule has 0 fully saturated rings. The number of sulfone groups is 1. The average molecular weight is 1230 g/mol. The predicted octanol–water partition coefficient (Wildman–Crippen LogP) is 3.43. The minimum atomic E-state index is -3.61. The van der Waals surface area contributed by atoms with Crippen LogP contribution in [-0.4, -0.2) is 123 Å². The second-order valence-corrected chi connectivity index (χ2v) is 21.5. The van der Waals surface area contributed by atoms with Crippen molar-refractivity contribution in [1.29, 1.82) is 21.6 Å². The van der Waals surface area contributed by atoms with Gasteiger partial charge in [-0.3, -0.25) is 26.4 Å². The molecule has 6 aromatic carbocycles. The smallest absolute Gasteiger partial charge is 0.221 e. The lowest BCUT2D eigenvalue weighted by molar-refractivity contribution is -0.117. The van der Waals surface area contributed by atoms with Gasteiger partial charge in [-0.15, -0.1) is 0 Å². The van der Waals surface area contributed by atoms with Crippen molar-refractivity contribution in [1.82, 2.24) is 4.98 Å².